The van der Waals surface area contributed by atoms with Crippen molar-refractivity contribution in [2.24, 2.45) is 4.99 Å². The van der Waals surface area contributed by atoms with Gasteiger partial charge in [-0.2, -0.15) is 0 Å². The number of carbonyl (C=O) groups is 2. The van der Waals surface area contributed by atoms with Gasteiger partial charge >= 0.3 is 5.97 Å². The first-order chi connectivity index (χ1) is 16.5. The number of hydrogen-bond donors (Lipinski definition) is 1. The average molecular weight is 485 g/mol. The topological polar surface area (TPSA) is 83.5 Å². The lowest BCUT2D eigenvalue weighted by molar-refractivity contribution is -0.136. The zero-order chi connectivity index (χ0) is 24.1. The van der Waals surface area contributed by atoms with Gasteiger partial charge in [-0.3, -0.25) is 4.79 Å². The number of piperidine rings is 1. The Morgan fingerprint density at radius 2 is 1.88 bits per heavy atom. The van der Waals surface area contributed by atoms with Crippen molar-refractivity contribution in [1.29, 1.82) is 0 Å². The van der Waals surface area contributed by atoms with E-state index in [1.165, 1.54) is 38.1 Å². The molecular weight excluding hydrogens is 452 g/mol. The summed E-state index contributed by atoms with van der Waals surface area (Å²) < 4.78 is 10.4. The van der Waals surface area contributed by atoms with E-state index in [1.807, 2.05) is 41.5 Å². The minimum absolute atomic E-state index is 0.0375. The molecule has 1 fully saturated rings. The number of rotatable bonds is 8. The first-order valence-corrected chi connectivity index (χ1v) is 12.6. The van der Waals surface area contributed by atoms with E-state index in [9.17, 15) is 9.59 Å². The number of aliphatic imine (C=N–C) groups is 1. The van der Waals surface area contributed by atoms with Gasteiger partial charge in [0.25, 0.3) is 0 Å². The van der Waals surface area contributed by atoms with Crippen LogP contribution < -0.4 is 10.1 Å². The molecule has 3 aliphatic heterocycles. The standard InChI is InChI=1S/C25H32N4O4S/c1-17-22(24(31)33-3)23(18-7-9-20(32-2)10-8-18)29-19(16-34-25(29)27-17)15-21(30)26-11-14-28-12-5-4-6-13-28/h7-10,16,23H,4-6,11-15H2,1-3H3,(H,26,30)/t23-/m1/s1. The lowest BCUT2D eigenvalue weighted by Gasteiger charge is -2.36. The first kappa shape index (κ1) is 24.3. The van der Waals surface area contributed by atoms with Crippen LogP contribution >= 0.6 is 11.8 Å². The molecular formula is C25H32N4O4S. The highest BCUT2D eigenvalue weighted by Crippen LogP contribution is 2.45. The summed E-state index contributed by atoms with van der Waals surface area (Å²) in [5.74, 6) is 0.265. The van der Waals surface area contributed by atoms with Crippen molar-refractivity contribution in [3.63, 3.8) is 0 Å². The molecule has 3 heterocycles. The summed E-state index contributed by atoms with van der Waals surface area (Å²) >= 11 is 1.47. The molecule has 8 nitrogen and oxygen atoms in total. The number of nitrogens with one attached hydrogen (secondary N) is 1. The van der Waals surface area contributed by atoms with Crippen molar-refractivity contribution in [2.75, 3.05) is 40.4 Å². The van der Waals surface area contributed by atoms with Crippen molar-refractivity contribution in [1.82, 2.24) is 15.1 Å². The van der Waals surface area contributed by atoms with Crippen LogP contribution in [0.2, 0.25) is 0 Å². The maximum atomic E-state index is 12.8. The van der Waals surface area contributed by atoms with E-state index in [-0.39, 0.29) is 12.3 Å². The number of likely N-dealkylation sites (tertiary alicyclic amines) is 1. The zero-order valence-corrected chi connectivity index (χ0v) is 20.8. The second-order valence-electron chi connectivity index (χ2n) is 8.59. The summed E-state index contributed by atoms with van der Waals surface area (Å²) in [5, 5.41) is 5.76. The van der Waals surface area contributed by atoms with Crippen LogP contribution in [0.3, 0.4) is 0 Å². The molecule has 0 aromatic heterocycles. The van der Waals surface area contributed by atoms with Gasteiger partial charge in [-0.05, 0) is 56.0 Å². The molecule has 1 amide bonds. The summed E-state index contributed by atoms with van der Waals surface area (Å²) in [7, 11) is 2.99. The van der Waals surface area contributed by atoms with Crippen molar-refractivity contribution in [3.8, 4) is 5.75 Å². The van der Waals surface area contributed by atoms with Crippen LogP contribution in [-0.2, 0) is 14.3 Å². The molecule has 1 saturated heterocycles. The number of thioether (sulfide) groups is 1. The second kappa shape index (κ2) is 11.1. The number of ether oxygens (including phenoxy) is 2. The quantitative estimate of drug-likeness (QED) is 0.566. The largest absolute Gasteiger partial charge is 0.497 e. The molecule has 0 aliphatic carbocycles. The highest BCUT2D eigenvalue weighted by Gasteiger charge is 2.40. The van der Waals surface area contributed by atoms with Gasteiger partial charge in [-0.25, -0.2) is 9.79 Å². The van der Waals surface area contributed by atoms with E-state index in [2.05, 4.69) is 15.2 Å². The molecule has 0 unspecified atom stereocenters. The maximum absolute atomic E-state index is 12.8. The summed E-state index contributed by atoms with van der Waals surface area (Å²) in [6.07, 6.45) is 3.98. The van der Waals surface area contributed by atoms with Crippen molar-refractivity contribution < 1.29 is 19.1 Å². The third kappa shape index (κ3) is 5.31. The lowest BCUT2D eigenvalue weighted by Crippen LogP contribution is -2.39. The molecule has 1 N–H and O–H groups in total. The van der Waals surface area contributed by atoms with Gasteiger partial charge in [-0.15, -0.1) is 0 Å². The number of hydrogen-bond acceptors (Lipinski definition) is 8. The van der Waals surface area contributed by atoms with Gasteiger partial charge in [0.05, 0.1) is 38.0 Å². The SMILES string of the molecule is COC(=O)C1=C(C)N=C2SC=C(CC(=O)NCCN3CCCCC3)N2[C@@H]1c1ccc(OC)cc1. The first-order valence-electron chi connectivity index (χ1n) is 11.7. The number of benzene rings is 1. The van der Waals surface area contributed by atoms with Gasteiger partial charge in [0.1, 0.15) is 5.75 Å². The van der Waals surface area contributed by atoms with Crippen molar-refractivity contribution in [3.05, 3.63) is 52.2 Å². The number of amidine groups is 1. The molecule has 182 valence electrons. The second-order valence-corrected chi connectivity index (χ2v) is 9.42. The van der Waals surface area contributed by atoms with E-state index in [0.717, 1.165) is 41.8 Å². The van der Waals surface area contributed by atoms with Crippen LogP contribution in [0.5, 0.6) is 5.75 Å². The Morgan fingerprint density at radius 3 is 2.56 bits per heavy atom. The molecule has 1 aromatic rings. The Kier molecular flexibility index (Phi) is 7.95. The minimum atomic E-state index is -0.437. The van der Waals surface area contributed by atoms with Gasteiger partial charge in [0, 0.05) is 18.8 Å². The summed E-state index contributed by atoms with van der Waals surface area (Å²) in [5.41, 5.74) is 2.79. The molecule has 0 radical (unpaired) electrons. The van der Waals surface area contributed by atoms with Crippen molar-refractivity contribution in [2.45, 2.75) is 38.6 Å². The zero-order valence-electron chi connectivity index (χ0n) is 20.0. The van der Waals surface area contributed by atoms with Crippen LogP contribution in [0.1, 0.15) is 44.2 Å². The summed E-state index contributed by atoms with van der Waals surface area (Å²) in [6, 6.07) is 7.16. The predicted octanol–water partition coefficient (Wildman–Crippen LogP) is 3.44. The third-order valence-corrected chi connectivity index (χ3v) is 7.27. The number of carbonyl (C=O) groups excluding carboxylic acids is 2. The molecule has 4 rings (SSSR count). The fraction of sp³-hybridized carbons (Fsp3) is 0.480. The smallest absolute Gasteiger partial charge is 0.338 e. The lowest BCUT2D eigenvalue weighted by atomic mass is 9.94. The number of allylic oxidation sites excluding steroid dienone is 1. The van der Waals surface area contributed by atoms with Gasteiger partial charge in [-0.1, -0.05) is 30.3 Å². The number of esters is 1. The van der Waals surface area contributed by atoms with E-state index in [0.29, 0.717) is 17.8 Å². The molecule has 1 atom stereocenters. The number of nitrogens with zero attached hydrogens (tertiary/aromatic N) is 3. The Hall–Kier alpha value is -2.78. The highest BCUT2D eigenvalue weighted by atomic mass is 32.2. The van der Waals surface area contributed by atoms with Crippen molar-refractivity contribution >= 4 is 28.8 Å². The number of methoxy groups -OCH3 is 2. The third-order valence-electron chi connectivity index (χ3n) is 6.38. The molecule has 0 saturated carbocycles. The molecule has 1 aromatic carbocycles. The summed E-state index contributed by atoms with van der Waals surface area (Å²) in [4.78, 5) is 34.6. The Balaban J connectivity index is 1.51. The van der Waals surface area contributed by atoms with Crippen LogP contribution in [0, 0.1) is 0 Å². The summed E-state index contributed by atoms with van der Waals surface area (Å²) in [6.45, 7) is 5.54. The fourth-order valence-corrected chi connectivity index (χ4v) is 5.57. The van der Waals surface area contributed by atoms with Gasteiger partial charge < -0.3 is 24.6 Å². The molecule has 9 heteroatoms. The number of amides is 1. The van der Waals surface area contributed by atoms with E-state index < -0.39 is 12.0 Å². The normalized spacial score (nSPS) is 20.4. The Labute approximate surface area is 205 Å². The molecule has 3 aliphatic rings. The molecule has 34 heavy (non-hydrogen) atoms. The van der Waals surface area contributed by atoms with E-state index in [1.54, 1.807) is 7.11 Å². The van der Waals surface area contributed by atoms with Gasteiger partial charge in [0.2, 0.25) is 5.91 Å². The van der Waals surface area contributed by atoms with Gasteiger partial charge in [0.15, 0.2) is 5.17 Å². The highest BCUT2D eigenvalue weighted by molar-refractivity contribution is 8.16. The molecule has 0 spiro atoms. The number of fused-ring (bicyclic) bond motifs is 1. The van der Waals surface area contributed by atoms with E-state index in [4.69, 9.17) is 9.47 Å². The van der Waals surface area contributed by atoms with Crippen LogP contribution in [0.25, 0.3) is 0 Å². The Morgan fingerprint density at radius 1 is 1.15 bits per heavy atom. The monoisotopic (exact) mass is 484 g/mol. The van der Waals surface area contributed by atoms with Crippen LogP contribution in [0.15, 0.2) is 51.6 Å². The fourth-order valence-electron chi connectivity index (χ4n) is 4.61. The van der Waals surface area contributed by atoms with Crippen LogP contribution in [-0.4, -0.2) is 67.2 Å². The maximum Gasteiger partial charge on any atom is 0.338 e. The minimum Gasteiger partial charge on any atom is -0.497 e. The van der Waals surface area contributed by atoms with Crippen LogP contribution in [0.4, 0.5) is 0 Å². The average Bonchev–Trinajstić information content (AvgIpc) is 3.25. The van der Waals surface area contributed by atoms with E-state index >= 15 is 0 Å². The molecule has 0 bridgehead atoms. The predicted molar refractivity (Wildman–Crippen MR) is 133 cm³/mol. The Bertz CT molecular complexity index is 1010.